The Hall–Kier alpha value is -3.27. The molecule has 1 aliphatic heterocycles. The van der Waals surface area contributed by atoms with Gasteiger partial charge in [0.05, 0.1) is 18.1 Å². The van der Waals surface area contributed by atoms with E-state index in [1.54, 1.807) is 7.11 Å². The molecule has 0 amide bonds. The van der Waals surface area contributed by atoms with E-state index in [9.17, 15) is 0 Å². The summed E-state index contributed by atoms with van der Waals surface area (Å²) in [6.45, 7) is 2.19. The number of methoxy groups -OCH3 is 1. The van der Waals surface area contributed by atoms with Crippen molar-refractivity contribution in [2.75, 3.05) is 12.4 Å². The summed E-state index contributed by atoms with van der Waals surface area (Å²) in [4.78, 5) is 4.95. The molecule has 26 heavy (non-hydrogen) atoms. The number of benzene rings is 3. The van der Waals surface area contributed by atoms with Crippen LogP contribution in [-0.2, 0) is 5.66 Å². The first-order valence-electron chi connectivity index (χ1n) is 8.71. The highest BCUT2D eigenvalue weighted by molar-refractivity contribution is 5.87. The topological polar surface area (TPSA) is 39.1 Å². The second-order valence-electron chi connectivity index (χ2n) is 6.73. The molecule has 3 aromatic carbocycles. The van der Waals surface area contributed by atoms with Gasteiger partial charge in [-0.1, -0.05) is 36.4 Å². The van der Waals surface area contributed by atoms with Crippen LogP contribution in [0.25, 0.3) is 22.4 Å². The van der Waals surface area contributed by atoms with Crippen molar-refractivity contribution in [2.45, 2.75) is 12.6 Å². The average molecular weight is 341 g/mol. The van der Waals surface area contributed by atoms with Crippen molar-refractivity contribution in [3.05, 3.63) is 78.4 Å². The number of ether oxygens (including phenoxy) is 1. The van der Waals surface area contributed by atoms with Gasteiger partial charge in [0.2, 0.25) is 0 Å². The summed E-state index contributed by atoms with van der Waals surface area (Å²) in [6.07, 6.45) is 0. The zero-order chi connectivity index (χ0) is 17.7. The van der Waals surface area contributed by atoms with Crippen LogP contribution in [0.3, 0.4) is 0 Å². The van der Waals surface area contributed by atoms with Crippen LogP contribution in [-0.4, -0.2) is 16.7 Å². The van der Waals surface area contributed by atoms with E-state index >= 15 is 0 Å². The minimum absolute atomic E-state index is 0.478. The summed E-state index contributed by atoms with van der Waals surface area (Å²) >= 11 is 0. The highest BCUT2D eigenvalue weighted by atomic mass is 16.5. The van der Waals surface area contributed by atoms with E-state index in [-0.39, 0.29) is 0 Å². The maximum absolute atomic E-state index is 5.46. The molecule has 1 atom stereocenters. The Kier molecular flexibility index (Phi) is 3.10. The van der Waals surface area contributed by atoms with Crippen LogP contribution in [0.4, 0.5) is 5.69 Å². The molecule has 4 nitrogen and oxygen atoms in total. The zero-order valence-corrected chi connectivity index (χ0v) is 14.7. The molecule has 0 radical (unpaired) electrons. The summed E-state index contributed by atoms with van der Waals surface area (Å²) in [6, 6.07) is 24.8. The maximum Gasteiger partial charge on any atom is 0.145 e. The first-order valence-corrected chi connectivity index (χ1v) is 8.71. The maximum atomic E-state index is 5.46. The molecule has 0 saturated heterocycles. The second-order valence-corrected chi connectivity index (χ2v) is 6.73. The van der Waals surface area contributed by atoms with Crippen molar-refractivity contribution >= 4 is 16.7 Å². The lowest BCUT2D eigenvalue weighted by Gasteiger charge is -2.40. The monoisotopic (exact) mass is 341 g/mol. The second kappa shape index (κ2) is 5.36. The molecule has 1 aromatic heterocycles. The van der Waals surface area contributed by atoms with E-state index in [1.165, 1.54) is 0 Å². The molecule has 0 unspecified atom stereocenters. The Morgan fingerprint density at radius 1 is 0.962 bits per heavy atom. The van der Waals surface area contributed by atoms with Crippen LogP contribution in [0.1, 0.15) is 12.5 Å². The molecule has 0 fully saturated rings. The summed E-state index contributed by atoms with van der Waals surface area (Å²) in [7, 11) is 1.70. The number of rotatable bonds is 2. The highest BCUT2D eigenvalue weighted by Gasteiger charge is 2.37. The molecule has 128 valence electrons. The number of hydrogen-bond donors (Lipinski definition) is 1. The number of nitrogens with zero attached hydrogens (tertiary/aromatic N) is 2. The first-order chi connectivity index (χ1) is 12.7. The lowest BCUT2D eigenvalue weighted by atomic mass is 9.95. The van der Waals surface area contributed by atoms with Gasteiger partial charge in [-0.05, 0) is 43.3 Å². The molecule has 0 aliphatic carbocycles. The third-order valence-corrected chi connectivity index (χ3v) is 5.19. The van der Waals surface area contributed by atoms with E-state index in [1.807, 2.05) is 18.2 Å². The summed E-state index contributed by atoms with van der Waals surface area (Å²) in [5.74, 6) is 1.82. The molecule has 0 bridgehead atoms. The molecule has 2 heterocycles. The van der Waals surface area contributed by atoms with Gasteiger partial charge in [0.1, 0.15) is 17.2 Å². The van der Waals surface area contributed by atoms with E-state index in [2.05, 4.69) is 71.4 Å². The van der Waals surface area contributed by atoms with Gasteiger partial charge in [-0.2, -0.15) is 0 Å². The smallest absolute Gasteiger partial charge is 0.145 e. The van der Waals surface area contributed by atoms with E-state index < -0.39 is 5.66 Å². The fourth-order valence-corrected chi connectivity index (χ4v) is 3.89. The Morgan fingerprint density at radius 3 is 2.65 bits per heavy atom. The van der Waals surface area contributed by atoms with E-state index in [4.69, 9.17) is 9.72 Å². The van der Waals surface area contributed by atoms with Gasteiger partial charge in [-0.15, -0.1) is 0 Å². The summed E-state index contributed by atoms with van der Waals surface area (Å²) in [5, 5.41) is 3.74. The van der Waals surface area contributed by atoms with E-state index in [0.717, 1.165) is 39.4 Å². The Morgan fingerprint density at radius 2 is 1.77 bits per heavy atom. The van der Waals surface area contributed by atoms with Crippen molar-refractivity contribution in [1.29, 1.82) is 0 Å². The van der Waals surface area contributed by atoms with Crippen LogP contribution >= 0.6 is 0 Å². The Balaban J connectivity index is 1.86. The molecule has 0 spiro atoms. The van der Waals surface area contributed by atoms with Crippen LogP contribution in [0.2, 0.25) is 0 Å². The molecule has 1 aliphatic rings. The fourth-order valence-electron chi connectivity index (χ4n) is 3.89. The molecule has 4 heteroatoms. The van der Waals surface area contributed by atoms with E-state index in [0.29, 0.717) is 0 Å². The largest absolute Gasteiger partial charge is 0.497 e. The summed E-state index contributed by atoms with van der Waals surface area (Å²) < 4.78 is 7.76. The number of anilines is 1. The van der Waals surface area contributed by atoms with Crippen LogP contribution in [0.5, 0.6) is 5.75 Å². The van der Waals surface area contributed by atoms with Crippen molar-refractivity contribution in [3.63, 3.8) is 0 Å². The van der Waals surface area contributed by atoms with Gasteiger partial charge in [0.25, 0.3) is 0 Å². The van der Waals surface area contributed by atoms with Gasteiger partial charge in [-0.25, -0.2) is 4.98 Å². The SMILES string of the molecule is COc1cccc([C@]2(C)Nc3ccccc3-c3nc4ccccc4n32)c1. The Bertz CT molecular complexity index is 1130. The van der Waals surface area contributed by atoms with Gasteiger partial charge < -0.3 is 10.1 Å². The lowest BCUT2D eigenvalue weighted by Crippen LogP contribution is -2.42. The van der Waals surface area contributed by atoms with Crippen molar-refractivity contribution in [3.8, 4) is 17.1 Å². The van der Waals surface area contributed by atoms with Gasteiger partial charge >= 0.3 is 0 Å². The number of aromatic nitrogens is 2. The predicted octanol–water partition coefficient (Wildman–Crippen LogP) is 4.86. The molecular weight excluding hydrogens is 322 g/mol. The standard InChI is InChI=1S/C22H19N3O/c1-22(15-8-7-9-16(14-15)26-2)24-18-11-4-3-10-17(18)21-23-19-12-5-6-13-20(19)25(21)22/h3-14,24H,1-2H3/t22-/m1/s1. The van der Waals surface area contributed by atoms with Crippen LogP contribution in [0.15, 0.2) is 72.8 Å². The predicted molar refractivity (Wildman–Crippen MR) is 105 cm³/mol. The van der Waals surface area contributed by atoms with Crippen molar-refractivity contribution < 1.29 is 4.74 Å². The van der Waals surface area contributed by atoms with Gasteiger partial charge in [0.15, 0.2) is 0 Å². The van der Waals surface area contributed by atoms with Crippen molar-refractivity contribution in [2.24, 2.45) is 0 Å². The molecule has 4 aromatic rings. The number of hydrogen-bond acceptors (Lipinski definition) is 3. The minimum atomic E-state index is -0.478. The summed E-state index contributed by atoms with van der Waals surface area (Å²) in [5.41, 5.74) is 4.94. The normalized spacial score (nSPS) is 18.1. The van der Waals surface area contributed by atoms with Gasteiger partial charge in [-0.3, -0.25) is 4.57 Å². The number of fused-ring (bicyclic) bond motifs is 5. The average Bonchev–Trinajstić information content (AvgIpc) is 3.09. The molecule has 1 N–H and O–H groups in total. The number of para-hydroxylation sites is 3. The fraction of sp³-hybridized carbons (Fsp3) is 0.136. The molecule has 5 rings (SSSR count). The minimum Gasteiger partial charge on any atom is -0.497 e. The molecular formula is C22H19N3O. The lowest BCUT2D eigenvalue weighted by molar-refractivity contribution is 0.409. The van der Waals surface area contributed by atoms with Crippen LogP contribution < -0.4 is 10.1 Å². The Labute approximate surface area is 152 Å². The number of nitrogens with one attached hydrogen (secondary N) is 1. The first kappa shape index (κ1) is 15.0. The third kappa shape index (κ3) is 1.99. The third-order valence-electron chi connectivity index (χ3n) is 5.19. The zero-order valence-electron chi connectivity index (χ0n) is 14.7. The van der Waals surface area contributed by atoms with Gasteiger partial charge in [0, 0.05) is 16.8 Å². The van der Waals surface area contributed by atoms with Crippen LogP contribution in [0, 0.1) is 0 Å². The molecule has 0 saturated carbocycles. The van der Waals surface area contributed by atoms with Crippen molar-refractivity contribution in [1.82, 2.24) is 9.55 Å². The quantitative estimate of drug-likeness (QED) is 0.566. The number of imidazole rings is 1. The highest BCUT2D eigenvalue weighted by Crippen LogP contribution is 2.43.